The Morgan fingerprint density at radius 3 is 1.65 bits per heavy atom. The van der Waals surface area contributed by atoms with Crippen molar-refractivity contribution < 1.29 is 97.3 Å². The van der Waals surface area contributed by atoms with E-state index in [1.807, 2.05) is 6.92 Å². The minimum absolute atomic E-state index is 0.00864. The van der Waals surface area contributed by atoms with Crippen LogP contribution in [0.5, 0.6) is 5.75 Å². The number of nitrogens with two attached hydrogens (primary N) is 1. The largest absolute Gasteiger partial charge is 0.420 e. The number of amidine groups is 1. The highest BCUT2D eigenvalue weighted by Crippen LogP contribution is 2.28. The zero-order valence-corrected chi connectivity index (χ0v) is 45.0. The van der Waals surface area contributed by atoms with E-state index in [9.17, 15) is 40.4 Å². The summed E-state index contributed by atoms with van der Waals surface area (Å²) in [6.07, 6.45) is 5.65. The first-order chi connectivity index (χ1) is 38.2. The molecule has 0 bridgehead atoms. The first kappa shape index (κ1) is 65.8. The predicted molar refractivity (Wildman–Crippen MR) is 274 cm³/mol. The number of fused-ring (bicyclic) bond motifs is 1. The van der Waals surface area contributed by atoms with E-state index in [1.54, 1.807) is 13.0 Å². The van der Waals surface area contributed by atoms with E-state index in [-0.39, 0.29) is 98.9 Å². The molecule has 79 heavy (non-hydrogen) atoms. The number of hydroxylamine groups is 2. The first-order valence-corrected chi connectivity index (χ1v) is 26.8. The fourth-order valence-electron chi connectivity index (χ4n) is 6.49. The highest BCUT2D eigenvalue weighted by molar-refractivity contribution is 7.89. The topological polar surface area (TPSA) is 288 Å². The summed E-state index contributed by atoms with van der Waals surface area (Å²) in [6, 6.07) is 2.74. The van der Waals surface area contributed by atoms with E-state index in [0.29, 0.717) is 117 Å². The molecule has 3 heterocycles. The summed E-state index contributed by atoms with van der Waals surface area (Å²) < 4.78 is 141. The van der Waals surface area contributed by atoms with Crippen molar-refractivity contribution in [3.05, 3.63) is 76.9 Å². The summed E-state index contributed by atoms with van der Waals surface area (Å²) in [4.78, 5) is 56.1. The number of aliphatic imine (C=N–C) groups is 1. The number of carbonyl (C=O) groups is 3. The average molecular weight is 1150 g/mol. The van der Waals surface area contributed by atoms with Gasteiger partial charge in [-0.15, -0.1) is 0 Å². The fourth-order valence-corrected chi connectivity index (χ4v) is 7.49. The Balaban J connectivity index is 0.891. The molecule has 0 spiro atoms. The van der Waals surface area contributed by atoms with E-state index >= 15 is 0 Å². The van der Waals surface area contributed by atoms with E-state index in [1.165, 1.54) is 29.6 Å². The number of rotatable bonds is 43. The lowest BCUT2D eigenvalue weighted by atomic mass is 10.1. The van der Waals surface area contributed by atoms with E-state index in [2.05, 4.69) is 29.7 Å². The Labute approximate surface area is 455 Å². The van der Waals surface area contributed by atoms with Gasteiger partial charge < -0.3 is 63.2 Å². The van der Waals surface area contributed by atoms with Crippen LogP contribution in [0.1, 0.15) is 49.2 Å². The molecule has 1 aromatic carbocycles. The number of carbonyl (C=O) groups excluding carboxylic acids is 3. The highest BCUT2D eigenvalue weighted by atomic mass is 32.2. The summed E-state index contributed by atoms with van der Waals surface area (Å²) in [5.74, 6) is -10.4. The number of anilines is 1. The normalized spacial score (nSPS) is 12.4. The van der Waals surface area contributed by atoms with Crippen LogP contribution in [0, 0.1) is 23.3 Å². The molecule has 29 heteroatoms. The second-order valence-electron chi connectivity index (χ2n) is 16.3. The Hall–Kier alpha value is -5.67. The summed E-state index contributed by atoms with van der Waals surface area (Å²) >= 11 is 0. The molecule has 3 aromatic rings. The molecule has 4 rings (SSSR count). The van der Waals surface area contributed by atoms with Crippen molar-refractivity contribution in [1.82, 2.24) is 19.8 Å². The van der Waals surface area contributed by atoms with Gasteiger partial charge in [-0.2, -0.15) is 8.78 Å². The maximum absolute atomic E-state index is 13.6. The summed E-state index contributed by atoms with van der Waals surface area (Å²) in [5.41, 5.74) is 7.31. The number of hydrogen-bond donors (Lipinski definition) is 3. The number of esters is 1. The molecule has 0 atom stereocenters. The van der Waals surface area contributed by atoms with Crippen molar-refractivity contribution in [2.24, 2.45) is 10.7 Å². The van der Waals surface area contributed by atoms with Crippen molar-refractivity contribution in [1.29, 1.82) is 0 Å². The molecular weight excluding hydrogens is 1080 g/mol. The van der Waals surface area contributed by atoms with Crippen LogP contribution in [-0.4, -0.2) is 199 Å². The second kappa shape index (κ2) is 38.1. The number of sulfonamides is 1. The van der Waals surface area contributed by atoms with Gasteiger partial charge in [0.2, 0.25) is 27.4 Å². The third-order valence-corrected chi connectivity index (χ3v) is 11.7. The lowest BCUT2D eigenvalue weighted by Crippen LogP contribution is -2.34. The lowest BCUT2D eigenvalue weighted by molar-refractivity contribution is -0.180. The SMILES string of the molecule is CCCN(OCC)C(=O)C1=Cc2ncc(C(=O)Nc3cncc(S(=O)(=O)NCCOCCOCCOCCOCCOCCOCCOCCOCCOCCOCCC(=O)Oc4c(F)c(F)cc(F)c4F)c3)cc2N=C(N)C1. The van der Waals surface area contributed by atoms with Crippen LogP contribution in [0.15, 0.2) is 52.3 Å². The number of ether oxygens (including phenoxy) is 11. The van der Waals surface area contributed by atoms with Crippen molar-refractivity contribution in [3.8, 4) is 5.75 Å². The van der Waals surface area contributed by atoms with E-state index in [4.69, 9.17) is 57.9 Å². The lowest BCUT2D eigenvalue weighted by Gasteiger charge is -2.21. The number of aromatic nitrogens is 2. The van der Waals surface area contributed by atoms with Gasteiger partial charge in [-0.3, -0.25) is 29.2 Å². The van der Waals surface area contributed by atoms with Gasteiger partial charge in [0.15, 0.2) is 11.6 Å². The quantitative estimate of drug-likeness (QED) is 0.0182. The number of benzene rings is 1. The van der Waals surface area contributed by atoms with Crippen LogP contribution in [-0.2, 0) is 71.8 Å². The summed E-state index contributed by atoms with van der Waals surface area (Å²) in [6.45, 7) is 10.1. The maximum atomic E-state index is 13.6. The van der Waals surface area contributed by atoms with Crippen LogP contribution in [0.4, 0.5) is 28.9 Å². The number of halogens is 4. The predicted octanol–water partition coefficient (Wildman–Crippen LogP) is 3.69. The Bertz CT molecular complexity index is 2490. The molecule has 1 aliphatic heterocycles. The maximum Gasteiger partial charge on any atom is 0.313 e. The molecule has 0 unspecified atom stereocenters. The molecule has 0 fully saturated rings. The van der Waals surface area contributed by atoms with Gasteiger partial charge in [-0.25, -0.2) is 32.0 Å². The first-order valence-electron chi connectivity index (χ1n) is 25.3. The Morgan fingerprint density at radius 2 is 1.15 bits per heavy atom. The van der Waals surface area contributed by atoms with Gasteiger partial charge in [0, 0.05) is 43.5 Å². The van der Waals surface area contributed by atoms with Gasteiger partial charge in [0.25, 0.3) is 11.8 Å². The molecule has 2 aromatic heterocycles. The highest BCUT2D eigenvalue weighted by Gasteiger charge is 2.25. The number of amides is 2. The molecular formula is C50H69F4N7O17S. The van der Waals surface area contributed by atoms with Crippen molar-refractivity contribution in [2.75, 3.05) is 157 Å². The van der Waals surface area contributed by atoms with Crippen LogP contribution >= 0.6 is 0 Å². The molecule has 24 nitrogen and oxygen atoms in total. The molecule has 2 amide bonds. The molecule has 4 N–H and O–H groups in total. The smallest absolute Gasteiger partial charge is 0.313 e. The zero-order chi connectivity index (χ0) is 57.1. The fraction of sp³-hybridized carbons (Fsp3) is 0.560. The Kier molecular flexibility index (Phi) is 31.7. The third kappa shape index (κ3) is 25.6. The van der Waals surface area contributed by atoms with E-state index < -0.39 is 57.3 Å². The minimum Gasteiger partial charge on any atom is -0.420 e. The molecule has 1 aliphatic rings. The van der Waals surface area contributed by atoms with Crippen molar-refractivity contribution in [2.45, 2.75) is 38.0 Å². The van der Waals surface area contributed by atoms with Crippen LogP contribution in [0.2, 0.25) is 0 Å². The van der Waals surface area contributed by atoms with Crippen LogP contribution in [0.3, 0.4) is 0 Å². The van der Waals surface area contributed by atoms with Gasteiger partial charge in [-0.05, 0) is 31.6 Å². The minimum atomic E-state index is -4.01. The molecule has 0 saturated carbocycles. The standard InChI is InChI=1S/C50H69F4N7O17S/c1-3-7-61(77-4-2)50(64)36-28-42-43(60-44(55)30-36)29-37(33-57-42)49(63)59-38-31-39(35-56-34-38)79(65,66)58-6-9-68-11-13-70-15-17-72-19-21-74-23-25-76-27-26-75-24-22-73-20-18-71-16-14-69-12-10-67-8-5-45(62)78-48-46(53)40(51)32-41(52)47(48)54/h28-29,31-35,58H,3-27,30H2,1-2H3,(H2,55,60)(H,59,63). The van der Waals surface area contributed by atoms with Gasteiger partial charge in [0.1, 0.15) is 10.7 Å². The van der Waals surface area contributed by atoms with Gasteiger partial charge in [0.05, 0.1) is 174 Å². The third-order valence-electron chi connectivity index (χ3n) is 10.2. The van der Waals surface area contributed by atoms with E-state index in [0.717, 1.165) is 6.20 Å². The average Bonchev–Trinajstić information content (AvgIpc) is 3.66. The summed E-state index contributed by atoms with van der Waals surface area (Å²) in [7, 11) is -4.01. The van der Waals surface area contributed by atoms with Crippen LogP contribution in [0.25, 0.3) is 6.08 Å². The monoisotopic (exact) mass is 1150 g/mol. The van der Waals surface area contributed by atoms with Gasteiger partial charge in [-0.1, -0.05) is 6.92 Å². The number of nitrogens with one attached hydrogen (secondary N) is 2. The molecule has 0 radical (unpaired) electrons. The summed E-state index contributed by atoms with van der Waals surface area (Å²) in [5, 5.41) is 3.91. The Morgan fingerprint density at radius 1 is 0.658 bits per heavy atom. The molecule has 0 aliphatic carbocycles. The molecule has 0 saturated heterocycles. The zero-order valence-electron chi connectivity index (χ0n) is 44.2. The molecule has 440 valence electrons. The van der Waals surface area contributed by atoms with Crippen LogP contribution < -0.4 is 20.5 Å². The van der Waals surface area contributed by atoms with Crippen molar-refractivity contribution >= 4 is 51.1 Å². The second-order valence-corrected chi connectivity index (χ2v) is 18.1. The number of hydrogen-bond acceptors (Lipinski definition) is 21. The number of nitrogens with zero attached hydrogens (tertiary/aromatic N) is 4. The number of pyridine rings is 2. The van der Waals surface area contributed by atoms with Gasteiger partial charge >= 0.3 is 5.97 Å². The van der Waals surface area contributed by atoms with Crippen molar-refractivity contribution in [3.63, 3.8) is 0 Å².